The van der Waals surface area contributed by atoms with Gasteiger partial charge in [-0.25, -0.2) is 0 Å². The second-order valence-electron chi connectivity index (χ2n) is 14.2. The Kier molecular flexibility index (Phi) is 6.95. The summed E-state index contributed by atoms with van der Waals surface area (Å²) in [6, 6.07) is 64.7. The van der Waals surface area contributed by atoms with Crippen LogP contribution in [0.4, 0.5) is 0 Å². The maximum absolute atomic E-state index is 10.7. The van der Waals surface area contributed by atoms with Gasteiger partial charge in [-0.15, -0.1) is 0 Å². The molecule has 262 valence electrons. The van der Waals surface area contributed by atoms with E-state index in [4.69, 9.17) is 0 Å². The number of fused-ring (bicyclic) bond motifs is 9. The number of rotatable bonds is 4. The van der Waals surface area contributed by atoms with Crippen LogP contribution in [0.25, 0.3) is 93.6 Å². The summed E-state index contributed by atoms with van der Waals surface area (Å²) in [7, 11) is 0. The molecule has 0 bridgehead atoms. The molecule has 6 heteroatoms. The second-order valence-corrected chi connectivity index (χ2v) is 14.2. The Morgan fingerprint density at radius 2 is 0.807 bits per heavy atom. The smallest absolute Gasteiger partial charge is 0.101 e. The molecule has 0 saturated heterocycles. The minimum absolute atomic E-state index is 0.570. The molecule has 0 atom stereocenters. The van der Waals surface area contributed by atoms with E-state index in [0.717, 1.165) is 93.6 Å². The molecule has 0 aliphatic carbocycles. The van der Waals surface area contributed by atoms with Crippen molar-refractivity contribution in [3.8, 4) is 46.4 Å². The predicted octanol–water partition coefficient (Wildman–Crippen LogP) is 12.3. The molecule has 8 aromatic carbocycles. The zero-order chi connectivity index (χ0) is 38.2. The first-order valence-electron chi connectivity index (χ1n) is 18.7. The van der Waals surface area contributed by atoms with Crippen molar-refractivity contribution in [1.82, 2.24) is 13.7 Å². The van der Waals surface area contributed by atoms with Crippen LogP contribution < -0.4 is 0 Å². The van der Waals surface area contributed by atoms with Crippen LogP contribution in [0, 0.1) is 34.0 Å². The lowest BCUT2D eigenvalue weighted by Crippen LogP contribution is -2.03. The number of nitrogens with zero attached hydrogens (tertiary/aromatic N) is 6. The van der Waals surface area contributed by atoms with Crippen molar-refractivity contribution in [1.29, 1.82) is 15.8 Å². The van der Waals surface area contributed by atoms with Gasteiger partial charge in [-0.3, -0.25) is 0 Å². The zero-order valence-corrected chi connectivity index (χ0v) is 30.3. The lowest BCUT2D eigenvalue weighted by atomic mass is 9.98. The van der Waals surface area contributed by atoms with Crippen LogP contribution in [0.2, 0.25) is 0 Å². The average Bonchev–Trinajstić information content (AvgIpc) is 3.91. The van der Waals surface area contributed by atoms with Crippen LogP contribution in [0.1, 0.15) is 16.7 Å². The summed E-state index contributed by atoms with van der Waals surface area (Å²) in [5.74, 6) is 0. The molecule has 0 N–H and O–H groups in total. The Morgan fingerprint density at radius 1 is 0.333 bits per heavy atom. The Bertz CT molecular complexity index is 3580. The van der Waals surface area contributed by atoms with Gasteiger partial charge in [-0.1, -0.05) is 91.0 Å². The number of para-hydroxylation sites is 5. The van der Waals surface area contributed by atoms with Gasteiger partial charge in [0.15, 0.2) is 0 Å². The summed E-state index contributed by atoms with van der Waals surface area (Å²) >= 11 is 0. The van der Waals surface area contributed by atoms with Gasteiger partial charge in [0, 0.05) is 43.4 Å². The maximum atomic E-state index is 10.7. The first kappa shape index (κ1) is 32.1. The van der Waals surface area contributed by atoms with E-state index in [9.17, 15) is 15.8 Å². The molecular weight excluding hydrogens is 697 g/mol. The third-order valence-electron chi connectivity index (χ3n) is 11.3. The number of hydrogen-bond acceptors (Lipinski definition) is 3. The summed E-state index contributed by atoms with van der Waals surface area (Å²) in [5.41, 5.74) is 12.4. The SMILES string of the molecule is N#Cc1ccc2c(c1)c1ccccc1n2-c1cccc2c1c1cc(C#N)ccc1n2-c1ccccc1-c1cccc(C#N)c1-n1c2ccccc2c2ccccc21. The molecular formula is C51H28N6. The van der Waals surface area contributed by atoms with E-state index in [1.165, 1.54) is 0 Å². The molecule has 57 heavy (non-hydrogen) atoms. The molecule has 0 spiro atoms. The summed E-state index contributed by atoms with van der Waals surface area (Å²) in [6.45, 7) is 0. The second kappa shape index (κ2) is 12.3. The summed E-state index contributed by atoms with van der Waals surface area (Å²) in [6.07, 6.45) is 0. The van der Waals surface area contributed by atoms with Gasteiger partial charge in [0.05, 0.1) is 79.0 Å². The van der Waals surface area contributed by atoms with Gasteiger partial charge < -0.3 is 13.7 Å². The molecule has 0 radical (unpaired) electrons. The molecule has 0 amide bonds. The maximum Gasteiger partial charge on any atom is 0.101 e. The number of hydrogen-bond donors (Lipinski definition) is 0. The van der Waals surface area contributed by atoms with Crippen LogP contribution in [-0.4, -0.2) is 13.7 Å². The Balaban J connectivity index is 1.25. The molecule has 0 saturated carbocycles. The van der Waals surface area contributed by atoms with Gasteiger partial charge >= 0.3 is 0 Å². The highest BCUT2D eigenvalue weighted by Crippen LogP contribution is 2.44. The Hall–Kier alpha value is -8.37. The van der Waals surface area contributed by atoms with E-state index >= 15 is 0 Å². The fraction of sp³-hybridized carbons (Fsp3) is 0. The van der Waals surface area contributed by atoms with Gasteiger partial charge in [0.1, 0.15) is 6.07 Å². The largest absolute Gasteiger partial charge is 0.309 e. The fourth-order valence-corrected chi connectivity index (χ4v) is 9.02. The van der Waals surface area contributed by atoms with Crippen molar-refractivity contribution in [3.63, 3.8) is 0 Å². The molecule has 11 rings (SSSR count). The number of benzene rings is 8. The first-order valence-corrected chi connectivity index (χ1v) is 18.7. The average molecular weight is 725 g/mol. The highest BCUT2D eigenvalue weighted by Gasteiger charge is 2.24. The van der Waals surface area contributed by atoms with Crippen molar-refractivity contribution in [2.45, 2.75) is 0 Å². The molecule has 6 nitrogen and oxygen atoms in total. The molecule has 11 aromatic rings. The van der Waals surface area contributed by atoms with Crippen molar-refractivity contribution >= 4 is 65.4 Å². The highest BCUT2D eigenvalue weighted by atomic mass is 15.0. The van der Waals surface area contributed by atoms with E-state index in [1.807, 2.05) is 78.9 Å². The zero-order valence-electron chi connectivity index (χ0n) is 30.3. The molecule has 0 unspecified atom stereocenters. The molecule has 0 aliphatic heterocycles. The summed E-state index contributed by atoms with van der Waals surface area (Å²) < 4.78 is 6.80. The quantitative estimate of drug-likeness (QED) is 0.181. The molecule has 0 fully saturated rings. The topological polar surface area (TPSA) is 86.2 Å². The van der Waals surface area contributed by atoms with E-state index < -0.39 is 0 Å². The highest BCUT2D eigenvalue weighted by molar-refractivity contribution is 6.17. The van der Waals surface area contributed by atoms with Crippen LogP contribution in [-0.2, 0) is 0 Å². The van der Waals surface area contributed by atoms with E-state index in [0.29, 0.717) is 16.7 Å². The number of aromatic nitrogens is 3. The van der Waals surface area contributed by atoms with Crippen molar-refractivity contribution in [2.75, 3.05) is 0 Å². The van der Waals surface area contributed by atoms with Crippen molar-refractivity contribution < 1.29 is 0 Å². The third kappa shape index (κ3) is 4.55. The molecule has 3 heterocycles. The van der Waals surface area contributed by atoms with Gasteiger partial charge in [0.25, 0.3) is 0 Å². The Morgan fingerprint density at radius 3 is 1.47 bits per heavy atom. The lowest BCUT2D eigenvalue weighted by molar-refractivity contribution is 1.15. The summed E-state index contributed by atoms with van der Waals surface area (Å²) in [5, 5.41) is 36.9. The van der Waals surface area contributed by atoms with Gasteiger partial charge in [0.2, 0.25) is 0 Å². The van der Waals surface area contributed by atoms with Crippen LogP contribution in [0.3, 0.4) is 0 Å². The predicted molar refractivity (Wildman–Crippen MR) is 229 cm³/mol. The first-order chi connectivity index (χ1) is 28.2. The number of nitriles is 3. The normalized spacial score (nSPS) is 11.5. The van der Waals surface area contributed by atoms with E-state index in [2.05, 4.69) is 123 Å². The standard InChI is InChI=1S/C51H28N6/c52-29-32-23-25-46-40(27-32)38-15-4-6-18-43(38)55(46)48-21-10-22-49-50(48)41-28-33(30-53)24-26-47(41)56(49)42-17-5-3-14-37(42)39-16-9-11-34(31-54)51(39)57-44-19-7-1-12-35(44)36-13-2-8-20-45(36)57/h1-28H. The van der Waals surface area contributed by atoms with Crippen molar-refractivity contribution in [3.05, 3.63) is 187 Å². The van der Waals surface area contributed by atoms with Gasteiger partial charge in [-0.2, -0.15) is 15.8 Å². The Labute approximate surface area is 326 Å². The van der Waals surface area contributed by atoms with E-state index in [1.54, 1.807) is 0 Å². The summed E-state index contributed by atoms with van der Waals surface area (Å²) in [4.78, 5) is 0. The minimum Gasteiger partial charge on any atom is -0.309 e. The van der Waals surface area contributed by atoms with Crippen molar-refractivity contribution in [2.24, 2.45) is 0 Å². The molecule has 0 aliphatic rings. The van der Waals surface area contributed by atoms with Crippen LogP contribution in [0.5, 0.6) is 0 Å². The lowest BCUT2D eigenvalue weighted by Gasteiger charge is -2.19. The third-order valence-corrected chi connectivity index (χ3v) is 11.3. The van der Waals surface area contributed by atoms with Gasteiger partial charge in [-0.05, 0) is 78.9 Å². The van der Waals surface area contributed by atoms with E-state index in [-0.39, 0.29) is 0 Å². The molecule has 3 aromatic heterocycles. The van der Waals surface area contributed by atoms with Crippen LogP contribution >= 0.6 is 0 Å². The fourth-order valence-electron chi connectivity index (χ4n) is 9.02. The monoisotopic (exact) mass is 724 g/mol. The van der Waals surface area contributed by atoms with Crippen LogP contribution in [0.15, 0.2) is 170 Å². The minimum atomic E-state index is 0.570.